The molecular weight excluding hydrogens is 262 g/mol. The van der Waals surface area contributed by atoms with Crippen LogP contribution in [0.15, 0.2) is 54.7 Å². The zero-order valence-electron chi connectivity index (χ0n) is 9.88. The SMILES string of the molecule is Clc1ccccc1-c1ccc(Oc2cn[nH]n2)cc1. The summed E-state index contributed by atoms with van der Waals surface area (Å²) in [5.74, 6) is 1.13. The lowest BCUT2D eigenvalue weighted by Gasteiger charge is -2.06. The molecule has 1 aromatic heterocycles. The van der Waals surface area contributed by atoms with Crippen molar-refractivity contribution in [3.05, 3.63) is 59.8 Å². The Labute approximate surface area is 115 Å². The molecule has 1 N–H and O–H groups in total. The van der Waals surface area contributed by atoms with Crippen LogP contribution in [-0.2, 0) is 0 Å². The standard InChI is InChI=1S/C14H10ClN3O/c15-13-4-2-1-3-12(13)10-5-7-11(8-6-10)19-14-9-16-18-17-14/h1-9H,(H,16,17,18). The number of rotatable bonds is 3. The quantitative estimate of drug-likeness (QED) is 0.785. The van der Waals surface area contributed by atoms with E-state index in [-0.39, 0.29) is 0 Å². The molecule has 2 aromatic carbocycles. The molecule has 3 aromatic rings. The summed E-state index contributed by atoms with van der Waals surface area (Å²) in [4.78, 5) is 0. The minimum atomic E-state index is 0.436. The topological polar surface area (TPSA) is 50.8 Å². The second-order valence-corrected chi connectivity index (χ2v) is 4.32. The Hall–Kier alpha value is -2.33. The van der Waals surface area contributed by atoms with E-state index >= 15 is 0 Å². The molecule has 0 aliphatic rings. The summed E-state index contributed by atoms with van der Waals surface area (Å²) in [6.07, 6.45) is 1.52. The Morgan fingerprint density at radius 2 is 1.79 bits per heavy atom. The van der Waals surface area contributed by atoms with Crippen molar-refractivity contribution in [3.63, 3.8) is 0 Å². The van der Waals surface area contributed by atoms with Gasteiger partial charge >= 0.3 is 0 Å². The third kappa shape index (κ3) is 2.58. The second kappa shape index (κ2) is 5.12. The van der Waals surface area contributed by atoms with E-state index in [4.69, 9.17) is 16.3 Å². The van der Waals surface area contributed by atoms with Crippen molar-refractivity contribution in [2.45, 2.75) is 0 Å². The van der Waals surface area contributed by atoms with Gasteiger partial charge < -0.3 is 4.74 Å². The maximum atomic E-state index is 6.16. The van der Waals surface area contributed by atoms with Gasteiger partial charge in [-0.3, -0.25) is 0 Å². The van der Waals surface area contributed by atoms with Gasteiger partial charge in [-0.2, -0.15) is 10.3 Å². The fraction of sp³-hybridized carbons (Fsp3) is 0. The molecule has 0 aliphatic carbocycles. The largest absolute Gasteiger partial charge is 0.436 e. The highest BCUT2D eigenvalue weighted by atomic mass is 35.5. The lowest BCUT2D eigenvalue weighted by molar-refractivity contribution is 0.461. The molecule has 0 amide bonds. The first-order valence-corrected chi connectivity index (χ1v) is 6.09. The van der Waals surface area contributed by atoms with Gasteiger partial charge in [0.05, 0.1) is 0 Å². The van der Waals surface area contributed by atoms with Crippen molar-refractivity contribution >= 4 is 11.6 Å². The van der Waals surface area contributed by atoms with E-state index < -0.39 is 0 Å². The van der Waals surface area contributed by atoms with E-state index in [0.717, 1.165) is 16.1 Å². The summed E-state index contributed by atoms with van der Waals surface area (Å²) in [5.41, 5.74) is 2.04. The molecular formula is C14H10ClN3O. The molecule has 0 saturated heterocycles. The number of nitrogens with zero attached hydrogens (tertiary/aromatic N) is 2. The molecule has 5 heteroatoms. The summed E-state index contributed by atoms with van der Waals surface area (Å²) in [6.45, 7) is 0. The van der Waals surface area contributed by atoms with E-state index in [1.807, 2.05) is 48.5 Å². The van der Waals surface area contributed by atoms with Crippen LogP contribution in [0.3, 0.4) is 0 Å². The first-order valence-electron chi connectivity index (χ1n) is 5.71. The van der Waals surface area contributed by atoms with Gasteiger partial charge in [-0.1, -0.05) is 41.9 Å². The molecule has 0 fully saturated rings. The number of benzene rings is 2. The van der Waals surface area contributed by atoms with Crippen molar-refractivity contribution in [2.24, 2.45) is 0 Å². The molecule has 0 spiro atoms. The Balaban J connectivity index is 1.85. The molecule has 94 valence electrons. The molecule has 0 radical (unpaired) electrons. The van der Waals surface area contributed by atoms with Crippen molar-refractivity contribution in [1.29, 1.82) is 0 Å². The van der Waals surface area contributed by atoms with Crippen LogP contribution in [0.5, 0.6) is 11.6 Å². The van der Waals surface area contributed by atoms with Gasteiger partial charge in [-0.15, -0.1) is 5.10 Å². The van der Waals surface area contributed by atoms with Crippen LogP contribution in [0, 0.1) is 0 Å². The first-order chi connectivity index (χ1) is 9.33. The summed E-state index contributed by atoms with van der Waals surface area (Å²) in [5, 5.41) is 10.7. The van der Waals surface area contributed by atoms with E-state index in [9.17, 15) is 0 Å². The summed E-state index contributed by atoms with van der Waals surface area (Å²) in [7, 11) is 0. The Bertz CT molecular complexity index is 665. The van der Waals surface area contributed by atoms with Gasteiger partial charge in [0.2, 0.25) is 0 Å². The fourth-order valence-corrected chi connectivity index (χ4v) is 2.00. The highest BCUT2D eigenvalue weighted by Crippen LogP contribution is 2.29. The predicted octanol–water partition coefficient (Wildman–Crippen LogP) is 3.92. The van der Waals surface area contributed by atoms with E-state index in [2.05, 4.69) is 15.4 Å². The van der Waals surface area contributed by atoms with Gasteiger partial charge in [0.25, 0.3) is 5.88 Å². The van der Waals surface area contributed by atoms with E-state index in [1.165, 1.54) is 6.20 Å². The van der Waals surface area contributed by atoms with Crippen molar-refractivity contribution < 1.29 is 4.74 Å². The van der Waals surface area contributed by atoms with Crippen LogP contribution in [0.1, 0.15) is 0 Å². The zero-order chi connectivity index (χ0) is 13.1. The monoisotopic (exact) mass is 271 g/mol. The number of aromatic nitrogens is 3. The van der Waals surface area contributed by atoms with Crippen molar-refractivity contribution in [1.82, 2.24) is 15.4 Å². The average Bonchev–Trinajstić information content (AvgIpc) is 2.93. The molecule has 1 heterocycles. The van der Waals surface area contributed by atoms with Crippen LogP contribution < -0.4 is 4.74 Å². The smallest absolute Gasteiger partial charge is 0.258 e. The number of halogens is 1. The van der Waals surface area contributed by atoms with Crippen LogP contribution >= 0.6 is 11.6 Å². The Morgan fingerprint density at radius 3 is 2.47 bits per heavy atom. The number of H-pyrrole nitrogens is 1. The molecule has 0 aliphatic heterocycles. The number of ether oxygens (including phenoxy) is 1. The maximum Gasteiger partial charge on any atom is 0.258 e. The van der Waals surface area contributed by atoms with E-state index in [1.54, 1.807) is 0 Å². The lowest BCUT2D eigenvalue weighted by atomic mass is 10.1. The number of hydrogen-bond donors (Lipinski definition) is 1. The van der Waals surface area contributed by atoms with Crippen LogP contribution in [0.2, 0.25) is 5.02 Å². The minimum absolute atomic E-state index is 0.436. The van der Waals surface area contributed by atoms with Crippen molar-refractivity contribution in [2.75, 3.05) is 0 Å². The highest BCUT2D eigenvalue weighted by Gasteiger charge is 2.04. The molecule has 3 rings (SSSR count). The average molecular weight is 272 g/mol. The summed E-state index contributed by atoms with van der Waals surface area (Å²) < 4.78 is 5.50. The number of nitrogens with one attached hydrogen (secondary N) is 1. The fourth-order valence-electron chi connectivity index (χ4n) is 1.76. The predicted molar refractivity (Wildman–Crippen MR) is 73.3 cm³/mol. The number of hydrogen-bond acceptors (Lipinski definition) is 3. The molecule has 0 saturated carbocycles. The van der Waals surface area contributed by atoms with Crippen LogP contribution in [0.4, 0.5) is 0 Å². The normalized spacial score (nSPS) is 10.4. The molecule has 0 atom stereocenters. The van der Waals surface area contributed by atoms with Gasteiger partial charge in [-0.25, -0.2) is 0 Å². The van der Waals surface area contributed by atoms with E-state index in [0.29, 0.717) is 11.6 Å². The first kappa shape index (κ1) is 11.7. The van der Waals surface area contributed by atoms with Gasteiger partial charge in [0.1, 0.15) is 11.9 Å². The maximum absolute atomic E-state index is 6.16. The number of aromatic amines is 1. The third-order valence-corrected chi connectivity index (χ3v) is 2.98. The third-order valence-electron chi connectivity index (χ3n) is 2.65. The molecule has 4 nitrogen and oxygen atoms in total. The Kier molecular flexibility index (Phi) is 3.16. The molecule has 0 bridgehead atoms. The van der Waals surface area contributed by atoms with Gasteiger partial charge in [0, 0.05) is 10.6 Å². The van der Waals surface area contributed by atoms with Crippen LogP contribution in [-0.4, -0.2) is 15.4 Å². The van der Waals surface area contributed by atoms with Gasteiger partial charge in [-0.05, 0) is 23.8 Å². The van der Waals surface area contributed by atoms with Gasteiger partial charge in [0.15, 0.2) is 0 Å². The lowest BCUT2D eigenvalue weighted by Crippen LogP contribution is -1.85. The molecule has 0 unspecified atom stereocenters. The summed E-state index contributed by atoms with van der Waals surface area (Å²) in [6, 6.07) is 15.4. The highest BCUT2D eigenvalue weighted by molar-refractivity contribution is 6.33. The zero-order valence-corrected chi connectivity index (χ0v) is 10.6. The minimum Gasteiger partial charge on any atom is -0.436 e. The summed E-state index contributed by atoms with van der Waals surface area (Å²) >= 11 is 6.16. The second-order valence-electron chi connectivity index (χ2n) is 3.91. The van der Waals surface area contributed by atoms with Crippen LogP contribution in [0.25, 0.3) is 11.1 Å². The van der Waals surface area contributed by atoms with Crippen molar-refractivity contribution in [3.8, 4) is 22.8 Å². The molecule has 19 heavy (non-hydrogen) atoms. The Morgan fingerprint density at radius 1 is 1.00 bits per heavy atom.